The van der Waals surface area contributed by atoms with E-state index in [1.54, 1.807) is 12.1 Å². The van der Waals surface area contributed by atoms with E-state index in [9.17, 15) is 9.18 Å². The number of rotatable bonds is 9. The molecule has 0 spiro atoms. The van der Waals surface area contributed by atoms with Crippen molar-refractivity contribution in [3.05, 3.63) is 76.3 Å². The third-order valence-corrected chi connectivity index (χ3v) is 5.86. The van der Waals surface area contributed by atoms with Gasteiger partial charge in [-0.05, 0) is 43.2 Å². The van der Waals surface area contributed by atoms with Crippen LogP contribution in [0.4, 0.5) is 10.1 Å². The highest BCUT2D eigenvalue weighted by Gasteiger charge is 2.16. The minimum absolute atomic E-state index is 0.0581. The summed E-state index contributed by atoms with van der Waals surface area (Å²) < 4.78 is 22.4. The largest absolute Gasteiger partial charge is 0.485 e. The van der Waals surface area contributed by atoms with Crippen molar-refractivity contribution >= 4 is 39.3 Å². The van der Waals surface area contributed by atoms with E-state index in [0.29, 0.717) is 22.0 Å². The second-order valence-electron chi connectivity index (χ2n) is 6.77. The zero-order valence-corrected chi connectivity index (χ0v) is 19.6. The molecule has 0 unspecified atom stereocenters. The highest BCUT2D eigenvalue weighted by atomic mass is 79.9. The van der Waals surface area contributed by atoms with Crippen molar-refractivity contribution in [3.8, 4) is 5.75 Å². The van der Waals surface area contributed by atoms with Gasteiger partial charge in [0.1, 0.15) is 18.2 Å². The van der Waals surface area contributed by atoms with Gasteiger partial charge in [-0.3, -0.25) is 9.36 Å². The number of aromatic nitrogens is 3. The molecule has 0 saturated heterocycles. The minimum atomic E-state index is -0.506. The van der Waals surface area contributed by atoms with Gasteiger partial charge in [-0.1, -0.05) is 52.0 Å². The number of thioether (sulfide) groups is 1. The number of carbonyl (C=O) groups is 1. The van der Waals surface area contributed by atoms with Gasteiger partial charge < -0.3 is 10.1 Å². The number of benzene rings is 2. The molecular weight excluding hydrogens is 483 g/mol. The third-order valence-electron chi connectivity index (χ3n) is 4.40. The van der Waals surface area contributed by atoms with Gasteiger partial charge in [0.15, 0.2) is 11.0 Å². The summed E-state index contributed by atoms with van der Waals surface area (Å²) >= 11 is 4.41. The third kappa shape index (κ3) is 5.95. The maximum Gasteiger partial charge on any atom is 0.234 e. The summed E-state index contributed by atoms with van der Waals surface area (Å²) in [6.07, 6.45) is 1.73. The lowest BCUT2D eigenvalue weighted by molar-refractivity contribution is -0.113. The Kier molecular flexibility index (Phi) is 7.86. The number of halogens is 2. The Morgan fingerprint density at radius 1 is 1.29 bits per heavy atom. The van der Waals surface area contributed by atoms with Crippen molar-refractivity contribution < 1.29 is 13.9 Å². The molecule has 1 heterocycles. The van der Waals surface area contributed by atoms with Crippen LogP contribution < -0.4 is 10.1 Å². The first-order valence-electron chi connectivity index (χ1n) is 9.48. The molecule has 3 rings (SSSR count). The van der Waals surface area contributed by atoms with E-state index >= 15 is 0 Å². The number of ether oxygens (including phenoxy) is 1. The molecular formula is C22H22BrFN4O2S. The summed E-state index contributed by atoms with van der Waals surface area (Å²) in [7, 11) is 0. The smallest absolute Gasteiger partial charge is 0.234 e. The van der Waals surface area contributed by atoms with Crippen LogP contribution >= 0.6 is 27.7 Å². The second kappa shape index (κ2) is 10.6. The molecule has 0 saturated carbocycles. The average Bonchev–Trinajstić information content (AvgIpc) is 3.10. The van der Waals surface area contributed by atoms with Gasteiger partial charge in [0.2, 0.25) is 5.91 Å². The van der Waals surface area contributed by atoms with Crippen molar-refractivity contribution in [2.24, 2.45) is 0 Å². The van der Waals surface area contributed by atoms with E-state index in [1.807, 2.05) is 36.6 Å². The predicted molar refractivity (Wildman–Crippen MR) is 124 cm³/mol. The van der Waals surface area contributed by atoms with E-state index < -0.39 is 5.82 Å². The number of nitrogens with zero attached hydrogens (tertiary/aromatic N) is 3. The Bertz CT molecular complexity index is 1080. The van der Waals surface area contributed by atoms with Crippen LogP contribution in [0.3, 0.4) is 0 Å². The molecule has 1 amide bonds. The highest BCUT2D eigenvalue weighted by molar-refractivity contribution is 9.10. The number of aryl methyl sites for hydroxylation is 2. The Morgan fingerprint density at radius 3 is 2.71 bits per heavy atom. The van der Waals surface area contributed by atoms with Crippen LogP contribution in [0, 0.1) is 19.7 Å². The summed E-state index contributed by atoms with van der Waals surface area (Å²) in [5.41, 5.74) is 2.21. The molecule has 6 nitrogen and oxygen atoms in total. The molecule has 162 valence electrons. The molecule has 3 aromatic rings. The molecule has 2 aromatic carbocycles. The quantitative estimate of drug-likeness (QED) is 0.316. The van der Waals surface area contributed by atoms with Crippen molar-refractivity contribution in [2.75, 3.05) is 11.1 Å². The second-order valence-corrected chi connectivity index (χ2v) is 8.63. The molecule has 0 aliphatic carbocycles. The van der Waals surface area contributed by atoms with Crippen molar-refractivity contribution in [3.63, 3.8) is 0 Å². The maximum absolute atomic E-state index is 13.9. The number of carbonyl (C=O) groups excluding carboxylic acids is 1. The topological polar surface area (TPSA) is 69.0 Å². The molecule has 0 aliphatic rings. The van der Waals surface area contributed by atoms with Crippen LogP contribution in [0.5, 0.6) is 5.75 Å². The Balaban J connectivity index is 1.65. The molecule has 0 aliphatic heterocycles. The summed E-state index contributed by atoms with van der Waals surface area (Å²) in [5, 5.41) is 11.5. The molecule has 0 radical (unpaired) electrons. The van der Waals surface area contributed by atoms with Crippen LogP contribution in [0.15, 0.2) is 58.7 Å². The summed E-state index contributed by atoms with van der Waals surface area (Å²) in [4.78, 5) is 12.3. The highest BCUT2D eigenvalue weighted by Crippen LogP contribution is 2.25. The van der Waals surface area contributed by atoms with E-state index in [0.717, 1.165) is 16.9 Å². The number of allylic oxidation sites excluding steroid dienone is 1. The monoisotopic (exact) mass is 504 g/mol. The van der Waals surface area contributed by atoms with Gasteiger partial charge in [-0.2, -0.15) is 0 Å². The number of hydrogen-bond acceptors (Lipinski definition) is 5. The zero-order valence-electron chi connectivity index (χ0n) is 17.2. The number of amides is 1. The molecule has 1 aromatic heterocycles. The first kappa shape index (κ1) is 23.0. The lowest BCUT2D eigenvalue weighted by Crippen LogP contribution is -2.16. The first-order valence-corrected chi connectivity index (χ1v) is 11.3. The molecule has 0 bridgehead atoms. The van der Waals surface area contributed by atoms with Crippen LogP contribution in [0.1, 0.15) is 17.0 Å². The number of hydrogen-bond donors (Lipinski definition) is 1. The minimum Gasteiger partial charge on any atom is -0.485 e. The lowest BCUT2D eigenvalue weighted by Gasteiger charge is -2.12. The average molecular weight is 505 g/mol. The summed E-state index contributed by atoms with van der Waals surface area (Å²) in [6.45, 7) is 8.48. The van der Waals surface area contributed by atoms with Crippen LogP contribution in [-0.2, 0) is 17.9 Å². The van der Waals surface area contributed by atoms with E-state index in [4.69, 9.17) is 4.74 Å². The Morgan fingerprint density at radius 2 is 2.03 bits per heavy atom. The molecule has 0 atom stereocenters. The van der Waals surface area contributed by atoms with Gasteiger partial charge in [-0.25, -0.2) is 4.39 Å². The summed E-state index contributed by atoms with van der Waals surface area (Å²) in [6, 6.07) is 10.4. The van der Waals surface area contributed by atoms with Crippen molar-refractivity contribution in [1.29, 1.82) is 0 Å². The SMILES string of the molecule is C=CCn1c(COc2c(C)cccc2C)nnc1SCC(=O)Nc1ccc(Br)cc1F. The molecule has 1 N–H and O–H groups in total. The van der Waals surface area contributed by atoms with E-state index in [-0.39, 0.29) is 24.0 Å². The normalized spacial score (nSPS) is 10.7. The van der Waals surface area contributed by atoms with E-state index in [1.165, 1.54) is 23.9 Å². The van der Waals surface area contributed by atoms with Gasteiger partial charge >= 0.3 is 0 Å². The number of nitrogens with one attached hydrogen (secondary N) is 1. The van der Waals surface area contributed by atoms with Gasteiger partial charge in [0.05, 0.1) is 11.4 Å². The Labute approximate surface area is 193 Å². The predicted octanol–water partition coefficient (Wildman–Crippen LogP) is 5.29. The molecule has 31 heavy (non-hydrogen) atoms. The molecule has 9 heteroatoms. The summed E-state index contributed by atoms with van der Waals surface area (Å²) in [5.74, 6) is 0.661. The van der Waals surface area contributed by atoms with Crippen molar-refractivity contribution in [2.45, 2.75) is 32.2 Å². The fourth-order valence-electron chi connectivity index (χ4n) is 2.92. The van der Waals surface area contributed by atoms with Crippen LogP contribution in [0.2, 0.25) is 0 Å². The van der Waals surface area contributed by atoms with Crippen molar-refractivity contribution in [1.82, 2.24) is 14.8 Å². The Hall–Kier alpha value is -2.65. The van der Waals surface area contributed by atoms with Gasteiger partial charge in [0, 0.05) is 11.0 Å². The fraction of sp³-hybridized carbons (Fsp3) is 0.227. The maximum atomic E-state index is 13.9. The zero-order chi connectivity index (χ0) is 22.4. The molecule has 0 fully saturated rings. The van der Waals surface area contributed by atoms with Crippen LogP contribution in [0.25, 0.3) is 0 Å². The van der Waals surface area contributed by atoms with E-state index in [2.05, 4.69) is 38.0 Å². The lowest BCUT2D eigenvalue weighted by atomic mass is 10.1. The van der Waals surface area contributed by atoms with Crippen LogP contribution in [-0.4, -0.2) is 26.4 Å². The fourth-order valence-corrected chi connectivity index (χ4v) is 4.02. The van der Waals surface area contributed by atoms with Gasteiger partial charge in [0.25, 0.3) is 0 Å². The standard InChI is InChI=1S/C22H22BrFN4O2S/c1-4-10-28-19(12-30-21-14(2)6-5-7-15(21)3)26-27-22(28)31-13-20(29)25-18-9-8-16(23)11-17(18)24/h4-9,11H,1,10,12-13H2,2-3H3,(H,25,29). The first-order chi connectivity index (χ1) is 14.9. The number of anilines is 1. The van der Waals surface area contributed by atoms with Gasteiger partial charge in [-0.15, -0.1) is 16.8 Å². The number of para-hydroxylation sites is 1.